The van der Waals surface area contributed by atoms with Gasteiger partial charge in [-0.15, -0.1) is 0 Å². The predicted molar refractivity (Wildman–Crippen MR) is 189 cm³/mol. The van der Waals surface area contributed by atoms with Crippen molar-refractivity contribution in [3.05, 3.63) is 118 Å². The average molecular weight is 713 g/mol. The van der Waals surface area contributed by atoms with Crippen molar-refractivity contribution < 1.29 is 27.5 Å². The van der Waals surface area contributed by atoms with Crippen LogP contribution in [-0.2, 0) is 32.6 Å². The molecule has 1 N–H and O–H groups in total. The quantitative estimate of drug-likeness (QED) is 0.149. The maximum atomic E-state index is 14.7. The summed E-state index contributed by atoms with van der Waals surface area (Å²) in [5, 5.41) is 3.59. The molecule has 48 heavy (non-hydrogen) atoms. The van der Waals surface area contributed by atoms with E-state index in [-0.39, 0.29) is 46.1 Å². The van der Waals surface area contributed by atoms with E-state index >= 15 is 0 Å². The number of hydrogen-bond donors (Lipinski definition) is 1. The largest absolute Gasteiger partial charge is 0.497 e. The van der Waals surface area contributed by atoms with E-state index in [0.717, 1.165) is 9.87 Å². The third-order valence-corrected chi connectivity index (χ3v) is 10.1. The molecule has 4 aromatic carbocycles. The smallest absolute Gasteiger partial charge is 0.264 e. The standard InChI is InChI=1S/C36H39Cl2N3O6S/c1-25(2)22-39-36(43)33(21-26-10-6-5-7-11-26)40(23-27-14-19-30(37)31(38)20-27)35(42)24-41(32-12-8-9-13-34(32)47-4)48(44,45)29-17-15-28(46-3)16-18-29/h5-20,25,33H,21-24H2,1-4H3,(H,39,43). The van der Waals surface area contributed by atoms with Crippen LogP contribution in [0.2, 0.25) is 10.0 Å². The molecule has 1 unspecified atom stereocenters. The Kier molecular flexibility index (Phi) is 12.7. The van der Waals surface area contributed by atoms with Gasteiger partial charge in [0.2, 0.25) is 11.8 Å². The number of sulfonamides is 1. The second kappa shape index (κ2) is 16.7. The molecule has 0 aliphatic heterocycles. The van der Waals surface area contributed by atoms with Gasteiger partial charge in [-0.2, -0.15) is 0 Å². The van der Waals surface area contributed by atoms with E-state index in [1.807, 2.05) is 44.2 Å². The van der Waals surface area contributed by atoms with Crippen LogP contribution in [-0.4, -0.2) is 58.5 Å². The van der Waals surface area contributed by atoms with Gasteiger partial charge in [-0.25, -0.2) is 8.42 Å². The van der Waals surface area contributed by atoms with E-state index in [1.54, 1.807) is 42.5 Å². The van der Waals surface area contributed by atoms with E-state index in [1.165, 1.54) is 43.4 Å². The first kappa shape index (κ1) is 36.6. The van der Waals surface area contributed by atoms with Crippen molar-refractivity contribution in [2.75, 3.05) is 31.6 Å². The second-order valence-corrected chi connectivity index (χ2v) is 14.2. The van der Waals surface area contributed by atoms with Gasteiger partial charge in [0.15, 0.2) is 0 Å². The number of para-hydroxylation sites is 2. The van der Waals surface area contributed by atoms with Gasteiger partial charge in [0.1, 0.15) is 24.1 Å². The number of halogens is 2. The number of nitrogens with one attached hydrogen (secondary N) is 1. The SMILES string of the molecule is COc1ccc(S(=O)(=O)N(CC(=O)N(Cc2ccc(Cl)c(Cl)c2)C(Cc2ccccc2)C(=O)NCC(C)C)c2ccccc2OC)cc1. The maximum absolute atomic E-state index is 14.7. The van der Waals surface area contributed by atoms with Gasteiger partial charge in [-0.05, 0) is 65.6 Å². The van der Waals surface area contributed by atoms with Crippen molar-refractivity contribution in [3.8, 4) is 11.5 Å². The minimum Gasteiger partial charge on any atom is -0.497 e. The predicted octanol–water partition coefficient (Wildman–Crippen LogP) is 6.62. The Morgan fingerprint density at radius 3 is 2.10 bits per heavy atom. The summed E-state index contributed by atoms with van der Waals surface area (Å²) in [6.07, 6.45) is 0.178. The summed E-state index contributed by atoms with van der Waals surface area (Å²) in [6, 6.07) is 25.7. The van der Waals surface area contributed by atoms with Crippen LogP contribution in [0, 0.1) is 5.92 Å². The molecular formula is C36H39Cl2N3O6S. The highest BCUT2D eigenvalue weighted by Gasteiger charge is 2.35. The molecule has 0 aromatic heterocycles. The summed E-state index contributed by atoms with van der Waals surface area (Å²) in [5.74, 6) is -0.125. The molecule has 0 bridgehead atoms. The summed E-state index contributed by atoms with van der Waals surface area (Å²) in [4.78, 5) is 29.9. The molecule has 12 heteroatoms. The lowest BCUT2D eigenvalue weighted by molar-refractivity contribution is -0.140. The molecular weight excluding hydrogens is 673 g/mol. The molecule has 1 atom stereocenters. The summed E-state index contributed by atoms with van der Waals surface area (Å²) in [6.45, 7) is 3.64. The Balaban J connectivity index is 1.84. The molecule has 4 aromatic rings. The fraction of sp³-hybridized carbons (Fsp3) is 0.278. The molecule has 0 saturated heterocycles. The van der Waals surface area contributed by atoms with Crippen LogP contribution in [0.15, 0.2) is 102 Å². The van der Waals surface area contributed by atoms with E-state index in [2.05, 4.69) is 5.32 Å². The number of carbonyl (C=O) groups excluding carboxylic acids is 2. The van der Waals surface area contributed by atoms with Crippen molar-refractivity contribution >= 4 is 50.7 Å². The molecule has 0 radical (unpaired) electrons. The van der Waals surface area contributed by atoms with Gasteiger partial charge in [-0.1, -0.05) is 85.6 Å². The minimum absolute atomic E-state index is 0.0509. The number of benzene rings is 4. The lowest BCUT2D eigenvalue weighted by Crippen LogP contribution is -2.53. The zero-order valence-electron chi connectivity index (χ0n) is 27.2. The number of anilines is 1. The number of rotatable bonds is 15. The third kappa shape index (κ3) is 9.21. The van der Waals surface area contributed by atoms with E-state index in [0.29, 0.717) is 22.9 Å². The number of carbonyl (C=O) groups is 2. The Bertz CT molecular complexity index is 1800. The Hall–Kier alpha value is -4.25. The van der Waals surface area contributed by atoms with Crippen LogP contribution in [0.1, 0.15) is 25.0 Å². The first-order valence-electron chi connectivity index (χ1n) is 15.3. The second-order valence-electron chi connectivity index (χ2n) is 11.5. The lowest BCUT2D eigenvalue weighted by atomic mass is 10.0. The van der Waals surface area contributed by atoms with E-state index in [4.69, 9.17) is 32.7 Å². The fourth-order valence-corrected chi connectivity index (χ4v) is 6.78. The van der Waals surface area contributed by atoms with Crippen molar-refractivity contribution in [1.29, 1.82) is 0 Å². The molecule has 0 fully saturated rings. The van der Waals surface area contributed by atoms with Gasteiger partial charge in [0.25, 0.3) is 10.0 Å². The van der Waals surface area contributed by atoms with Crippen LogP contribution >= 0.6 is 23.2 Å². The van der Waals surface area contributed by atoms with Crippen LogP contribution in [0.4, 0.5) is 5.69 Å². The summed E-state index contributed by atoms with van der Waals surface area (Å²) < 4.78 is 40.4. The maximum Gasteiger partial charge on any atom is 0.264 e. The summed E-state index contributed by atoms with van der Waals surface area (Å²) in [7, 11) is -1.44. The highest BCUT2D eigenvalue weighted by Crippen LogP contribution is 2.33. The Labute approximate surface area is 292 Å². The number of nitrogens with zero attached hydrogens (tertiary/aromatic N) is 2. The minimum atomic E-state index is -4.34. The molecule has 0 heterocycles. The van der Waals surface area contributed by atoms with Gasteiger partial charge < -0.3 is 19.7 Å². The van der Waals surface area contributed by atoms with Gasteiger partial charge in [0.05, 0.1) is 34.8 Å². The van der Waals surface area contributed by atoms with Gasteiger partial charge in [0, 0.05) is 19.5 Å². The molecule has 0 aliphatic carbocycles. The van der Waals surface area contributed by atoms with Crippen LogP contribution < -0.4 is 19.1 Å². The average Bonchev–Trinajstić information content (AvgIpc) is 3.09. The number of ether oxygens (including phenoxy) is 2. The highest BCUT2D eigenvalue weighted by atomic mass is 35.5. The van der Waals surface area contributed by atoms with Crippen LogP contribution in [0.3, 0.4) is 0 Å². The molecule has 254 valence electrons. The number of amides is 2. The van der Waals surface area contributed by atoms with E-state index < -0.39 is 28.5 Å². The lowest BCUT2D eigenvalue weighted by Gasteiger charge is -2.34. The molecule has 0 saturated carbocycles. The fourth-order valence-electron chi connectivity index (χ4n) is 5.04. The molecule has 2 amide bonds. The first-order chi connectivity index (χ1) is 22.9. The molecule has 4 rings (SSSR count). The summed E-state index contributed by atoms with van der Waals surface area (Å²) >= 11 is 12.5. The van der Waals surface area contributed by atoms with Crippen molar-refractivity contribution in [2.45, 2.75) is 37.8 Å². The first-order valence-corrected chi connectivity index (χ1v) is 17.5. The normalized spacial score (nSPS) is 11.9. The Morgan fingerprint density at radius 1 is 0.812 bits per heavy atom. The molecule has 9 nitrogen and oxygen atoms in total. The van der Waals surface area contributed by atoms with Crippen molar-refractivity contribution in [2.24, 2.45) is 5.92 Å². The van der Waals surface area contributed by atoms with E-state index in [9.17, 15) is 18.0 Å². The zero-order chi connectivity index (χ0) is 34.8. The third-order valence-electron chi connectivity index (χ3n) is 7.57. The Morgan fingerprint density at radius 2 is 1.48 bits per heavy atom. The van der Waals surface area contributed by atoms with Gasteiger partial charge in [-0.3, -0.25) is 13.9 Å². The van der Waals surface area contributed by atoms with Crippen molar-refractivity contribution in [3.63, 3.8) is 0 Å². The highest BCUT2D eigenvalue weighted by molar-refractivity contribution is 7.92. The number of hydrogen-bond acceptors (Lipinski definition) is 6. The number of methoxy groups -OCH3 is 2. The monoisotopic (exact) mass is 711 g/mol. The van der Waals surface area contributed by atoms with Crippen LogP contribution in [0.25, 0.3) is 0 Å². The summed E-state index contributed by atoms with van der Waals surface area (Å²) in [5.41, 5.74) is 1.58. The van der Waals surface area contributed by atoms with Crippen molar-refractivity contribution in [1.82, 2.24) is 10.2 Å². The zero-order valence-corrected chi connectivity index (χ0v) is 29.6. The molecule has 0 aliphatic rings. The topological polar surface area (TPSA) is 105 Å². The van der Waals surface area contributed by atoms with Crippen LogP contribution in [0.5, 0.6) is 11.5 Å². The molecule has 0 spiro atoms. The van der Waals surface area contributed by atoms with Gasteiger partial charge >= 0.3 is 0 Å².